The van der Waals surface area contributed by atoms with Crippen molar-refractivity contribution in [2.75, 3.05) is 19.6 Å². The van der Waals surface area contributed by atoms with Crippen molar-refractivity contribution in [3.63, 3.8) is 0 Å². The molecule has 0 spiro atoms. The van der Waals surface area contributed by atoms with Gasteiger partial charge >= 0.3 is 0 Å². The SMILES string of the molecule is CC(=O)N1CCN(Cc2ccc(C)s2)C(C)(C)C1. The van der Waals surface area contributed by atoms with Gasteiger partial charge in [0.2, 0.25) is 5.91 Å². The van der Waals surface area contributed by atoms with Crippen LogP contribution in [0.25, 0.3) is 0 Å². The molecule has 0 atom stereocenters. The molecule has 1 aliphatic heterocycles. The Hall–Kier alpha value is -0.870. The first-order chi connectivity index (χ1) is 8.38. The summed E-state index contributed by atoms with van der Waals surface area (Å²) in [6, 6.07) is 4.40. The van der Waals surface area contributed by atoms with Crippen LogP contribution in [-0.4, -0.2) is 40.9 Å². The number of rotatable bonds is 2. The van der Waals surface area contributed by atoms with E-state index in [4.69, 9.17) is 0 Å². The normalized spacial score (nSPS) is 20.1. The largest absolute Gasteiger partial charge is 0.340 e. The number of aryl methyl sites for hydroxylation is 1. The predicted molar refractivity (Wildman–Crippen MR) is 75.8 cm³/mol. The minimum Gasteiger partial charge on any atom is -0.340 e. The van der Waals surface area contributed by atoms with Gasteiger partial charge in [-0.1, -0.05) is 0 Å². The molecule has 0 N–H and O–H groups in total. The van der Waals surface area contributed by atoms with Gasteiger partial charge in [-0.3, -0.25) is 9.69 Å². The molecular formula is C14H22N2OS. The lowest BCUT2D eigenvalue weighted by atomic mass is 9.98. The highest BCUT2D eigenvalue weighted by Crippen LogP contribution is 2.25. The van der Waals surface area contributed by atoms with Gasteiger partial charge in [0.25, 0.3) is 0 Å². The molecule has 0 aliphatic carbocycles. The Bertz CT molecular complexity index is 439. The second-order valence-corrected chi connectivity index (χ2v) is 7.06. The summed E-state index contributed by atoms with van der Waals surface area (Å²) in [5.74, 6) is 0.190. The number of carbonyl (C=O) groups is 1. The molecule has 0 unspecified atom stereocenters. The van der Waals surface area contributed by atoms with E-state index in [0.29, 0.717) is 0 Å². The summed E-state index contributed by atoms with van der Waals surface area (Å²) in [4.78, 5) is 18.7. The van der Waals surface area contributed by atoms with Crippen molar-refractivity contribution >= 4 is 17.2 Å². The van der Waals surface area contributed by atoms with Crippen molar-refractivity contribution in [3.8, 4) is 0 Å². The second-order valence-electron chi connectivity index (χ2n) is 5.69. The first kappa shape index (κ1) is 13.6. The molecule has 1 aliphatic rings. The van der Waals surface area contributed by atoms with E-state index < -0.39 is 0 Å². The lowest BCUT2D eigenvalue weighted by Gasteiger charge is -2.46. The van der Waals surface area contributed by atoms with Crippen LogP contribution in [0.15, 0.2) is 12.1 Å². The van der Waals surface area contributed by atoms with Crippen LogP contribution in [0.4, 0.5) is 0 Å². The topological polar surface area (TPSA) is 23.6 Å². The monoisotopic (exact) mass is 266 g/mol. The van der Waals surface area contributed by atoms with Gasteiger partial charge in [0.15, 0.2) is 0 Å². The summed E-state index contributed by atoms with van der Waals surface area (Å²) < 4.78 is 0. The smallest absolute Gasteiger partial charge is 0.219 e. The van der Waals surface area contributed by atoms with E-state index in [1.807, 2.05) is 16.2 Å². The highest BCUT2D eigenvalue weighted by Gasteiger charge is 2.34. The van der Waals surface area contributed by atoms with Crippen LogP contribution in [0.5, 0.6) is 0 Å². The quantitative estimate of drug-likeness (QED) is 0.821. The number of amides is 1. The van der Waals surface area contributed by atoms with Crippen LogP contribution in [0.2, 0.25) is 0 Å². The summed E-state index contributed by atoms with van der Waals surface area (Å²) in [6.45, 7) is 11.9. The Morgan fingerprint density at radius 1 is 1.39 bits per heavy atom. The number of nitrogens with zero attached hydrogens (tertiary/aromatic N) is 2. The van der Waals surface area contributed by atoms with Gasteiger partial charge in [-0.15, -0.1) is 11.3 Å². The molecule has 1 aromatic rings. The maximum atomic E-state index is 11.5. The average Bonchev–Trinajstić information content (AvgIpc) is 2.66. The number of thiophene rings is 1. The lowest BCUT2D eigenvalue weighted by molar-refractivity contribution is -0.134. The van der Waals surface area contributed by atoms with Crippen molar-refractivity contribution in [1.29, 1.82) is 0 Å². The Morgan fingerprint density at radius 3 is 2.61 bits per heavy atom. The van der Waals surface area contributed by atoms with Gasteiger partial charge in [-0.05, 0) is 32.9 Å². The zero-order valence-corrected chi connectivity index (χ0v) is 12.5. The van der Waals surface area contributed by atoms with E-state index in [9.17, 15) is 4.79 Å². The fraction of sp³-hybridized carbons (Fsp3) is 0.643. The second kappa shape index (κ2) is 5.02. The Kier molecular flexibility index (Phi) is 3.78. The highest BCUT2D eigenvalue weighted by molar-refractivity contribution is 7.11. The molecule has 0 radical (unpaired) electrons. The third-order valence-electron chi connectivity index (χ3n) is 3.66. The molecule has 18 heavy (non-hydrogen) atoms. The molecule has 3 nitrogen and oxygen atoms in total. The molecule has 4 heteroatoms. The molecular weight excluding hydrogens is 244 g/mol. The van der Waals surface area contributed by atoms with Crippen LogP contribution in [0.3, 0.4) is 0 Å². The van der Waals surface area contributed by atoms with Gasteiger partial charge in [0.1, 0.15) is 0 Å². The average molecular weight is 266 g/mol. The maximum absolute atomic E-state index is 11.5. The molecule has 1 amide bonds. The van der Waals surface area contributed by atoms with Gasteiger partial charge in [0, 0.05) is 48.4 Å². The van der Waals surface area contributed by atoms with Crippen molar-refractivity contribution in [1.82, 2.24) is 9.80 Å². The summed E-state index contributed by atoms with van der Waals surface area (Å²) >= 11 is 1.87. The third kappa shape index (κ3) is 2.93. The minimum absolute atomic E-state index is 0.0574. The van der Waals surface area contributed by atoms with Gasteiger partial charge in [-0.25, -0.2) is 0 Å². The van der Waals surface area contributed by atoms with Crippen LogP contribution >= 0.6 is 11.3 Å². The van der Waals surface area contributed by atoms with E-state index in [-0.39, 0.29) is 11.4 Å². The molecule has 1 aromatic heterocycles. The number of piperazine rings is 1. The van der Waals surface area contributed by atoms with Crippen LogP contribution in [-0.2, 0) is 11.3 Å². The zero-order valence-electron chi connectivity index (χ0n) is 11.7. The van der Waals surface area contributed by atoms with Crippen molar-refractivity contribution in [2.24, 2.45) is 0 Å². The highest BCUT2D eigenvalue weighted by atomic mass is 32.1. The summed E-state index contributed by atoms with van der Waals surface area (Å²) in [5.41, 5.74) is 0.0574. The molecule has 100 valence electrons. The molecule has 0 aromatic carbocycles. The lowest BCUT2D eigenvalue weighted by Crippen LogP contribution is -2.59. The first-order valence-electron chi connectivity index (χ1n) is 6.44. The number of hydrogen-bond donors (Lipinski definition) is 0. The first-order valence-corrected chi connectivity index (χ1v) is 7.26. The minimum atomic E-state index is 0.0574. The molecule has 1 saturated heterocycles. The van der Waals surface area contributed by atoms with Crippen LogP contribution in [0.1, 0.15) is 30.5 Å². The van der Waals surface area contributed by atoms with Crippen molar-refractivity contribution < 1.29 is 4.79 Å². The Labute approximate surface area is 113 Å². The number of hydrogen-bond acceptors (Lipinski definition) is 3. The van der Waals surface area contributed by atoms with Crippen LogP contribution in [0, 0.1) is 6.92 Å². The van der Waals surface area contributed by atoms with Gasteiger partial charge in [0.05, 0.1) is 0 Å². The van der Waals surface area contributed by atoms with Crippen molar-refractivity contribution in [3.05, 3.63) is 21.9 Å². The summed E-state index contributed by atoms with van der Waals surface area (Å²) in [5, 5.41) is 0. The number of carbonyl (C=O) groups excluding carboxylic acids is 1. The maximum Gasteiger partial charge on any atom is 0.219 e. The molecule has 0 bridgehead atoms. The standard InChI is InChI=1S/C14H22N2OS/c1-11-5-6-13(18-11)9-16-8-7-15(12(2)17)10-14(16,3)4/h5-6H,7-10H2,1-4H3. The van der Waals surface area contributed by atoms with Crippen molar-refractivity contribution in [2.45, 2.75) is 39.8 Å². The van der Waals surface area contributed by atoms with E-state index in [2.05, 4.69) is 37.8 Å². The van der Waals surface area contributed by atoms with Gasteiger partial charge in [-0.2, -0.15) is 0 Å². The molecule has 2 heterocycles. The fourth-order valence-corrected chi connectivity index (χ4v) is 3.42. The Balaban J connectivity index is 2.04. The summed E-state index contributed by atoms with van der Waals surface area (Å²) in [7, 11) is 0. The Morgan fingerprint density at radius 2 is 2.11 bits per heavy atom. The molecule has 2 rings (SSSR count). The molecule has 0 saturated carbocycles. The van der Waals surface area contributed by atoms with E-state index in [1.165, 1.54) is 9.75 Å². The van der Waals surface area contributed by atoms with E-state index >= 15 is 0 Å². The predicted octanol–water partition coefficient (Wildman–Crippen LogP) is 2.50. The molecule has 1 fully saturated rings. The fourth-order valence-electron chi connectivity index (χ4n) is 2.51. The van der Waals surface area contributed by atoms with E-state index in [1.54, 1.807) is 6.92 Å². The van der Waals surface area contributed by atoms with E-state index in [0.717, 1.165) is 26.2 Å². The zero-order chi connectivity index (χ0) is 13.3. The van der Waals surface area contributed by atoms with Gasteiger partial charge < -0.3 is 4.90 Å². The van der Waals surface area contributed by atoms with Crippen LogP contribution < -0.4 is 0 Å². The summed E-state index contributed by atoms with van der Waals surface area (Å²) in [6.07, 6.45) is 0. The third-order valence-corrected chi connectivity index (χ3v) is 4.65.